The van der Waals surface area contributed by atoms with Crippen LogP contribution >= 0.6 is 0 Å². The summed E-state index contributed by atoms with van der Waals surface area (Å²) in [6, 6.07) is 13.6. The number of pyridine rings is 2. The number of benzene rings is 1. The lowest BCUT2D eigenvalue weighted by Gasteiger charge is -2.08. The predicted molar refractivity (Wildman–Crippen MR) is 94.5 cm³/mol. The van der Waals surface area contributed by atoms with Gasteiger partial charge in [-0.05, 0) is 35.4 Å². The molecule has 1 amide bonds. The van der Waals surface area contributed by atoms with Crippen LogP contribution in [0.5, 0.6) is 0 Å². The molecule has 0 radical (unpaired) electrons. The average Bonchev–Trinajstić information content (AvgIpc) is 2.64. The highest BCUT2D eigenvalue weighted by molar-refractivity contribution is 5.91. The van der Waals surface area contributed by atoms with Gasteiger partial charge in [0.05, 0.1) is 18.3 Å². The molecular formula is C19H17FN4O. The van der Waals surface area contributed by atoms with Gasteiger partial charge in [0.2, 0.25) is 5.91 Å². The molecule has 3 rings (SSSR count). The lowest BCUT2D eigenvalue weighted by molar-refractivity contribution is -0.115. The number of hydrogen-bond donors (Lipinski definition) is 2. The summed E-state index contributed by atoms with van der Waals surface area (Å²) in [7, 11) is 0. The molecule has 2 N–H and O–H groups in total. The Bertz CT molecular complexity index is 838. The summed E-state index contributed by atoms with van der Waals surface area (Å²) in [6.07, 6.45) is 5.12. The molecule has 2 heterocycles. The van der Waals surface area contributed by atoms with E-state index >= 15 is 0 Å². The summed E-state index contributed by atoms with van der Waals surface area (Å²) < 4.78 is 13.6. The van der Waals surface area contributed by atoms with Crippen molar-refractivity contribution in [1.29, 1.82) is 0 Å². The zero-order valence-electron chi connectivity index (χ0n) is 13.4. The van der Waals surface area contributed by atoms with Gasteiger partial charge in [-0.15, -0.1) is 0 Å². The third-order valence-electron chi connectivity index (χ3n) is 3.56. The third kappa shape index (κ3) is 4.84. The van der Waals surface area contributed by atoms with E-state index in [1.54, 1.807) is 42.9 Å². The maximum atomic E-state index is 13.6. The number of amides is 1. The molecule has 0 saturated carbocycles. The maximum absolute atomic E-state index is 13.6. The SMILES string of the molecule is O=C(Cc1ccccc1F)Nc1ccc(NCc2cccnc2)cn1. The van der Waals surface area contributed by atoms with Crippen molar-refractivity contribution < 1.29 is 9.18 Å². The summed E-state index contributed by atoms with van der Waals surface area (Å²) in [5, 5.41) is 5.89. The Balaban J connectivity index is 1.53. The number of rotatable bonds is 6. The van der Waals surface area contributed by atoms with E-state index in [4.69, 9.17) is 0 Å². The van der Waals surface area contributed by atoms with E-state index in [-0.39, 0.29) is 18.1 Å². The second-order valence-electron chi connectivity index (χ2n) is 5.46. The molecule has 0 aliphatic heterocycles. The number of carbonyl (C=O) groups is 1. The normalized spacial score (nSPS) is 10.3. The second kappa shape index (κ2) is 8.01. The minimum Gasteiger partial charge on any atom is -0.380 e. The van der Waals surface area contributed by atoms with E-state index in [1.165, 1.54) is 6.07 Å². The highest BCUT2D eigenvalue weighted by Gasteiger charge is 2.08. The number of aromatic nitrogens is 2. The highest BCUT2D eigenvalue weighted by Crippen LogP contribution is 2.12. The first-order valence-electron chi connectivity index (χ1n) is 7.83. The number of nitrogens with one attached hydrogen (secondary N) is 2. The van der Waals surface area contributed by atoms with E-state index < -0.39 is 0 Å². The standard InChI is InChI=1S/C19H17FN4O/c20-17-6-2-1-5-15(17)10-19(25)24-18-8-7-16(13-23-18)22-12-14-4-3-9-21-11-14/h1-9,11,13,22H,10,12H2,(H,23,24,25). The molecule has 25 heavy (non-hydrogen) atoms. The summed E-state index contributed by atoms with van der Waals surface area (Å²) in [5.41, 5.74) is 2.25. The predicted octanol–water partition coefficient (Wildman–Crippen LogP) is 3.41. The first kappa shape index (κ1) is 16.6. The van der Waals surface area contributed by atoms with Crippen LogP contribution in [-0.2, 0) is 17.8 Å². The Labute approximate surface area is 145 Å². The Morgan fingerprint density at radius 3 is 2.64 bits per heavy atom. The van der Waals surface area contributed by atoms with Crippen LogP contribution in [0.15, 0.2) is 67.1 Å². The van der Waals surface area contributed by atoms with Crippen molar-refractivity contribution in [3.63, 3.8) is 0 Å². The van der Waals surface area contributed by atoms with Crippen LogP contribution in [-0.4, -0.2) is 15.9 Å². The summed E-state index contributed by atoms with van der Waals surface area (Å²) >= 11 is 0. The molecule has 0 spiro atoms. The Hall–Kier alpha value is -3.28. The molecule has 5 nitrogen and oxygen atoms in total. The molecular weight excluding hydrogens is 319 g/mol. The van der Waals surface area contributed by atoms with E-state index in [0.717, 1.165) is 11.3 Å². The Kier molecular flexibility index (Phi) is 5.31. The fourth-order valence-corrected chi connectivity index (χ4v) is 2.28. The lowest BCUT2D eigenvalue weighted by atomic mass is 10.1. The zero-order chi connectivity index (χ0) is 17.5. The number of hydrogen-bond acceptors (Lipinski definition) is 4. The summed E-state index contributed by atoms with van der Waals surface area (Å²) in [5.74, 6) is -0.275. The van der Waals surface area contributed by atoms with Gasteiger partial charge in [-0.3, -0.25) is 9.78 Å². The van der Waals surface area contributed by atoms with Gasteiger partial charge in [0.15, 0.2) is 0 Å². The molecule has 0 aliphatic rings. The molecule has 6 heteroatoms. The first-order valence-corrected chi connectivity index (χ1v) is 7.83. The van der Waals surface area contributed by atoms with E-state index in [0.29, 0.717) is 17.9 Å². The average molecular weight is 336 g/mol. The largest absolute Gasteiger partial charge is 0.380 e. The maximum Gasteiger partial charge on any atom is 0.230 e. The van der Waals surface area contributed by atoms with Crippen LogP contribution in [0.25, 0.3) is 0 Å². The van der Waals surface area contributed by atoms with Crippen LogP contribution in [0.1, 0.15) is 11.1 Å². The zero-order valence-corrected chi connectivity index (χ0v) is 13.4. The van der Waals surface area contributed by atoms with Crippen LogP contribution in [0, 0.1) is 5.82 Å². The fourth-order valence-electron chi connectivity index (χ4n) is 2.28. The van der Waals surface area contributed by atoms with Crippen LogP contribution in [0.2, 0.25) is 0 Å². The van der Waals surface area contributed by atoms with Crippen molar-refractivity contribution in [2.45, 2.75) is 13.0 Å². The van der Waals surface area contributed by atoms with Crippen molar-refractivity contribution in [3.05, 3.63) is 84.1 Å². The van der Waals surface area contributed by atoms with Gasteiger partial charge in [-0.1, -0.05) is 24.3 Å². The van der Waals surface area contributed by atoms with E-state index in [1.807, 2.05) is 18.2 Å². The van der Waals surface area contributed by atoms with Crippen molar-refractivity contribution in [2.75, 3.05) is 10.6 Å². The summed E-state index contributed by atoms with van der Waals surface area (Å²) in [6.45, 7) is 0.633. The monoisotopic (exact) mass is 336 g/mol. The summed E-state index contributed by atoms with van der Waals surface area (Å²) in [4.78, 5) is 20.2. The number of nitrogens with zero attached hydrogens (tertiary/aromatic N) is 2. The van der Waals surface area contributed by atoms with E-state index in [9.17, 15) is 9.18 Å². The lowest BCUT2D eigenvalue weighted by Crippen LogP contribution is -2.16. The Morgan fingerprint density at radius 1 is 1.04 bits per heavy atom. The molecule has 0 aliphatic carbocycles. The molecule has 0 fully saturated rings. The first-order chi connectivity index (χ1) is 12.2. The topological polar surface area (TPSA) is 66.9 Å². The van der Waals surface area contributed by atoms with Gasteiger partial charge in [-0.25, -0.2) is 9.37 Å². The van der Waals surface area contributed by atoms with Gasteiger partial charge >= 0.3 is 0 Å². The fraction of sp³-hybridized carbons (Fsp3) is 0.105. The number of carbonyl (C=O) groups excluding carboxylic acids is 1. The minimum absolute atomic E-state index is 0.0324. The quantitative estimate of drug-likeness (QED) is 0.724. The van der Waals surface area contributed by atoms with Gasteiger partial charge in [-0.2, -0.15) is 0 Å². The van der Waals surface area contributed by atoms with Crippen molar-refractivity contribution in [1.82, 2.24) is 9.97 Å². The molecule has 126 valence electrons. The third-order valence-corrected chi connectivity index (χ3v) is 3.56. The van der Waals surface area contributed by atoms with E-state index in [2.05, 4.69) is 20.6 Å². The number of halogens is 1. The Morgan fingerprint density at radius 2 is 1.92 bits per heavy atom. The molecule has 0 bridgehead atoms. The van der Waals surface area contributed by atoms with Crippen molar-refractivity contribution >= 4 is 17.4 Å². The minimum atomic E-state index is -0.388. The molecule has 3 aromatic rings. The highest BCUT2D eigenvalue weighted by atomic mass is 19.1. The molecule has 0 unspecified atom stereocenters. The molecule has 1 aromatic carbocycles. The number of anilines is 2. The van der Waals surface area contributed by atoms with Gasteiger partial charge < -0.3 is 10.6 Å². The van der Waals surface area contributed by atoms with Crippen LogP contribution in [0.4, 0.5) is 15.9 Å². The molecule has 2 aromatic heterocycles. The van der Waals surface area contributed by atoms with Crippen LogP contribution in [0.3, 0.4) is 0 Å². The molecule has 0 atom stereocenters. The van der Waals surface area contributed by atoms with Gasteiger partial charge in [0.1, 0.15) is 11.6 Å². The van der Waals surface area contributed by atoms with Gasteiger partial charge in [0, 0.05) is 18.9 Å². The van der Waals surface area contributed by atoms with Crippen molar-refractivity contribution in [3.8, 4) is 0 Å². The smallest absolute Gasteiger partial charge is 0.230 e. The van der Waals surface area contributed by atoms with Crippen LogP contribution < -0.4 is 10.6 Å². The molecule has 0 saturated heterocycles. The van der Waals surface area contributed by atoms with Gasteiger partial charge in [0.25, 0.3) is 0 Å². The second-order valence-corrected chi connectivity index (χ2v) is 5.46. The van der Waals surface area contributed by atoms with Crippen molar-refractivity contribution in [2.24, 2.45) is 0 Å².